The minimum Gasteiger partial charge on any atom is -0.361 e. The van der Waals surface area contributed by atoms with Crippen LogP contribution in [-0.4, -0.2) is 12.1 Å². The Bertz CT molecular complexity index is 1700. The molecule has 0 saturated carbocycles. The highest BCUT2D eigenvalue weighted by Gasteiger charge is 2.33. The molecule has 0 fully saturated rings. The van der Waals surface area contributed by atoms with Crippen LogP contribution in [0.15, 0.2) is 119 Å². The summed E-state index contributed by atoms with van der Waals surface area (Å²) in [5.41, 5.74) is 7.92. The normalized spacial score (nSPS) is 15.4. The number of para-hydroxylation sites is 1. The Morgan fingerprint density at radius 3 is 2.42 bits per heavy atom. The van der Waals surface area contributed by atoms with Crippen molar-refractivity contribution in [2.24, 2.45) is 0 Å². The molecule has 0 amide bonds. The number of hydrogen-bond acceptors (Lipinski definition) is 4. The van der Waals surface area contributed by atoms with Crippen molar-refractivity contribution in [2.75, 3.05) is 5.32 Å². The number of ketones is 1. The minimum absolute atomic E-state index is 0.206. The highest BCUT2D eigenvalue weighted by molar-refractivity contribution is 7.99. The van der Waals surface area contributed by atoms with E-state index in [4.69, 9.17) is 0 Å². The van der Waals surface area contributed by atoms with Crippen LogP contribution in [0.2, 0.25) is 0 Å². The van der Waals surface area contributed by atoms with Crippen LogP contribution in [0.4, 0.5) is 5.69 Å². The van der Waals surface area contributed by atoms with Crippen molar-refractivity contribution in [2.45, 2.75) is 36.0 Å². The molecule has 0 radical (unpaired) electrons. The van der Waals surface area contributed by atoms with E-state index in [0.29, 0.717) is 16.7 Å². The second-order valence-corrected chi connectivity index (χ2v) is 11.5. The molecule has 4 bridgehead atoms. The lowest BCUT2D eigenvalue weighted by atomic mass is 9.73. The fourth-order valence-corrected chi connectivity index (χ4v) is 6.43. The van der Waals surface area contributed by atoms with Crippen molar-refractivity contribution in [1.82, 2.24) is 0 Å². The largest absolute Gasteiger partial charge is 0.361 e. The van der Waals surface area contributed by atoms with Crippen LogP contribution in [0.3, 0.4) is 0 Å². The number of aldehydes is 1. The minimum atomic E-state index is -0.338. The van der Waals surface area contributed by atoms with Gasteiger partial charge in [0.05, 0.1) is 5.69 Å². The number of benzene rings is 3. The zero-order valence-electron chi connectivity index (χ0n) is 23.0. The molecular formula is C36H31NO2S. The zero-order valence-corrected chi connectivity index (χ0v) is 23.8. The first kappa shape index (κ1) is 27.2. The highest BCUT2D eigenvalue weighted by Crippen LogP contribution is 2.51. The lowest BCUT2D eigenvalue weighted by molar-refractivity contribution is 0.102. The fourth-order valence-electron chi connectivity index (χ4n) is 5.34. The molecule has 0 aromatic heterocycles. The number of Topliss-reactive ketones (excluding diaryl/α,β-unsaturated/α-hetero) is 1. The van der Waals surface area contributed by atoms with Crippen molar-refractivity contribution in [3.63, 3.8) is 0 Å². The van der Waals surface area contributed by atoms with E-state index in [2.05, 4.69) is 80.9 Å². The van der Waals surface area contributed by atoms with Crippen molar-refractivity contribution in [3.8, 4) is 0 Å². The maximum atomic E-state index is 13.7. The molecular weight excluding hydrogens is 510 g/mol. The molecule has 3 aromatic carbocycles. The van der Waals surface area contributed by atoms with E-state index >= 15 is 0 Å². The summed E-state index contributed by atoms with van der Waals surface area (Å²) in [5, 5.41) is 3.54. The zero-order chi connectivity index (χ0) is 28.4. The second kappa shape index (κ2) is 11.0. The van der Waals surface area contributed by atoms with Gasteiger partial charge in [-0.3, -0.25) is 9.59 Å². The summed E-state index contributed by atoms with van der Waals surface area (Å²) >= 11 is 1.75. The molecule has 3 nitrogen and oxygen atoms in total. The van der Waals surface area contributed by atoms with E-state index in [1.54, 1.807) is 43.0 Å². The number of carbonyl (C=O) groups excluding carboxylic acids is 2. The SMILES string of the molecule is C=Cc1cc(C=O)c(C(=O)/C(C)=C\C2=CC=CNc3c4cccc3C(C)(C)C(=C2)c2ccccc2S4)cc1C=C. The average molecular weight is 542 g/mol. The first-order valence-corrected chi connectivity index (χ1v) is 14.0. The molecule has 5 rings (SSSR count). The van der Waals surface area contributed by atoms with Gasteiger partial charge in [0, 0.05) is 32.5 Å². The Hall–Kier alpha value is -4.41. The second-order valence-electron chi connectivity index (χ2n) is 10.4. The van der Waals surface area contributed by atoms with Gasteiger partial charge in [0.25, 0.3) is 0 Å². The summed E-state index contributed by atoms with van der Waals surface area (Å²) in [5.74, 6) is -0.206. The summed E-state index contributed by atoms with van der Waals surface area (Å²) in [7, 11) is 0. The number of fused-ring (bicyclic) bond motifs is 3. The lowest BCUT2D eigenvalue weighted by Gasteiger charge is -2.35. The molecule has 2 aliphatic heterocycles. The third-order valence-corrected chi connectivity index (χ3v) is 8.64. The predicted octanol–water partition coefficient (Wildman–Crippen LogP) is 9.31. The van der Waals surface area contributed by atoms with E-state index in [0.717, 1.165) is 34.2 Å². The number of anilines is 1. The molecule has 0 aliphatic carbocycles. The lowest BCUT2D eigenvalue weighted by Crippen LogP contribution is -2.23. The van der Waals surface area contributed by atoms with Crippen LogP contribution >= 0.6 is 11.8 Å². The first-order chi connectivity index (χ1) is 19.3. The van der Waals surface area contributed by atoms with E-state index < -0.39 is 0 Å². The number of rotatable bonds is 6. The van der Waals surface area contributed by atoms with Crippen LogP contribution < -0.4 is 5.32 Å². The third-order valence-electron chi connectivity index (χ3n) is 7.50. The van der Waals surface area contributed by atoms with E-state index in [-0.39, 0.29) is 11.2 Å². The van der Waals surface area contributed by atoms with E-state index in [1.807, 2.05) is 24.4 Å². The molecule has 0 spiro atoms. The maximum Gasteiger partial charge on any atom is 0.189 e. The summed E-state index contributed by atoms with van der Waals surface area (Å²) in [6.45, 7) is 13.9. The molecule has 4 heteroatoms. The van der Waals surface area contributed by atoms with Gasteiger partial charge in [0.2, 0.25) is 0 Å². The van der Waals surface area contributed by atoms with Crippen LogP contribution in [-0.2, 0) is 5.41 Å². The Kier molecular flexibility index (Phi) is 7.46. The van der Waals surface area contributed by atoms with Crippen molar-refractivity contribution >= 4 is 47.2 Å². The summed E-state index contributed by atoms with van der Waals surface area (Å²) < 4.78 is 0. The molecule has 1 N–H and O–H groups in total. The molecule has 40 heavy (non-hydrogen) atoms. The van der Waals surface area contributed by atoms with Gasteiger partial charge < -0.3 is 5.32 Å². The molecule has 2 aliphatic rings. The Morgan fingerprint density at radius 1 is 0.950 bits per heavy atom. The van der Waals surface area contributed by atoms with Gasteiger partial charge >= 0.3 is 0 Å². The van der Waals surface area contributed by atoms with Gasteiger partial charge in [-0.25, -0.2) is 0 Å². The Balaban J connectivity index is 1.68. The molecule has 0 unspecified atom stereocenters. The van der Waals surface area contributed by atoms with Gasteiger partial charge in [-0.05, 0) is 82.3 Å². The van der Waals surface area contributed by atoms with Crippen LogP contribution in [0.1, 0.15) is 63.7 Å². The number of allylic oxidation sites excluding steroid dienone is 7. The van der Waals surface area contributed by atoms with Gasteiger partial charge in [-0.1, -0.05) is 93.4 Å². The Labute approximate surface area is 240 Å². The topological polar surface area (TPSA) is 46.2 Å². The monoisotopic (exact) mass is 541 g/mol. The van der Waals surface area contributed by atoms with Crippen molar-refractivity contribution < 1.29 is 9.59 Å². The molecule has 3 aromatic rings. The maximum absolute atomic E-state index is 13.7. The number of nitrogens with one attached hydrogen (secondary N) is 1. The molecule has 2 heterocycles. The first-order valence-electron chi connectivity index (χ1n) is 13.2. The van der Waals surface area contributed by atoms with Crippen LogP contribution in [0.5, 0.6) is 0 Å². The van der Waals surface area contributed by atoms with Crippen LogP contribution in [0, 0.1) is 0 Å². The third kappa shape index (κ3) is 4.87. The smallest absolute Gasteiger partial charge is 0.189 e. The van der Waals surface area contributed by atoms with Crippen molar-refractivity contribution in [3.05, 3.63) is 143 Å². The van der Waals surface area contributed by atoms with Crippen LogP contribution in [0.25, 0.3) is 17.7 Å². The Morgan fingerprint density at radius 2 is 1.68 bits per heavy atom. The summed E-state index contributed by atoms with van der Waals surface area (Å²) in [6, 6.07) is 18.3. The summed E-state index contributed by atoms with van der Waals surface area (Å²) in [6.07, 6.45) is 14.0. The summed E-state index contributed by atoms with van der Waals surface area (Å²) in [4.78, 5) is 27.9. The van der Waals surface area contributed by atoms with Gasteiger partial charge in [-0.2, -0.15) is 0 Å². The van der Waals surface area contributed by atoms with Gasteiger partial charge in [0.15, 0.2) is 12.1 Å². The standard InChI is InChI=1S/C36H31NO2S/c1-6-25-20-27(22-38)29(21-26(25)7-2)35(39)23(3)18-24-12-11-17-37-34-30-14-10-16-33(34)40-32-15-9-8-13-28(32)31(19-24)36(30,4)5/h6-22,37H,1-2H2,3-5H3/b17-11?,23-18-,24-12?,31-19?. The van der Waals surface area contributed by atoms with E-state index in [1.165, 1.54) is 20.9 Å². The molecule has 0 atom stereocenters. The predicted molar refractivity (Wildman–Crippen MR) is 169 cm³/mol. The number of hydrogen-bond donors (Lipinski definition) is 1. The molecule has 0 saturated heterocycles. The van der Waals surface area contributed by atoms with Gasteiger partial charge in [-0.15, -0.1) is 0 Å². The molecule has 198 valence electrons. The quantitative estimate of drug-likeness (QED) is 0.192. The highest BCUT2D eigenvalue weighted by atomic mass is 32.2. The van der Waals surface area contributed by atoms with E-state index in [9.17, 15) is 9.59 Å². The fraction of sp³-hybridized carbons (Fsp3) is 0.111. The van der Waals surface area contributed by atoms with Gasteiger partial charge in [0.1, 0.15) is 0 Å². The number of carbonyl (C=O) groups is 2. The van der Waals surface area contributed by atoms with Crippen molar-refractivity contribution in [1.29, 1.82) is 0 Å². The average Bonchev–Trinajstić information content (AvgIpc) is 2.96.